The van der Waals surface area contributed by atoms with Crippen molar-refractivity contribution in [3.05, 3.63) is 233 Å². The zero-order valence-electron chi connectivity index (χ0n) is 32.0. The summed E-state index contributed by atoms with van der Waals surface area (Å²) in [4.78, 5) is 0. The molecule has 0 amide bonds. The molecule has 0 nitrogen and oxygen atoms in total. The van der Waals surface area contributed by atoms with E-state index in [1.807, 2.05) is 0 Å². The molecule has 0 saturated heterocycles. The van der Waals surface area contributed by atoms with Gasteiger partial charge >= 0.3 is 0 Å². The van der Waals surface area contributed by atoms with Crippen molar-refractivity contribution in [1.29, 1.82) is 0 Å². The summed E-state index contributed by atoms with van der Waals surface area (Å²) in [7, 11) is 0. The van der Waals surface area contributed by atoms with Crippen molar-refractivity contribution in [2.45, 2.75) is 12.3 Å². The molecule has 3 aliphatic rings. The van der Waals surface area contributed by atoms with Gasteiger partial charge < -0.3 is 0 Å². The summed E-state index contributed by atoms with van der Waals surface area (Å²) in [5.41, 5.74) is 17.3. The Bertz CT molecular complexity index is 3280. The Kier molecular flexibility index (Phi) is 7.46. The standard InChI is InChI=1S/C58H38/c1-2-15-44-38(11-1)12-10-22-47(44)48-34-31-39(45-16-3-4-17-46(45)48)26-23-37-24-27-42(28-25-37)56-49-18-5-7-20-51(49)58(52-21-8-6-19-50(52)56)54-36-33-43-30-29-40-13-9-14-41-32-35-53(54)57(43)55(40)41/h1-34,36,55H,35H2/b26-23+. The smallest absolute Gasteiger partial charge is 0.0345 e. The Morgan fingerprint density at radius 1 is 0.431 bits per heavy atom. The molecule has 0 fully saturated rings. The van der Waals surface area contributed by atoms with Crippen LogP contribution in [0, 0.1) is 0 Å². The fourth-order valence-corrected chi connectivity index (χ4v) is 10.2. The molecule has 0 heterocycles. The second kappa shape index (κ2) is 13.2. The third-order valence-electron chi connectivity index (χ3n) is 12.8. The lowest BCUT2D eigenvalue weighted by Crippen LogP contribution is -2.18. The minimum atomic E-state index is 0.325. The summed E-state index contributed by atoms with van der Waals surface area (Å²) >= 11 is 0. The minimum absolute atomic E-state index is 0.325. The highest BCUT2D eigenvalue weighted by Crippen LogP contribution is 2.51. The molecule has 9 aromatic rings. The first-order valence-corrected chi connectivity index (χ1v) is 20.4. The topological polar surface area (TPSA) is 0 Å². The predicted molar refractivity (Wildman–Crippen MR) is 249 cm³/mol. The Balaban J connectivity index is 0.945. The minimum Gasteiger partial charge on any atom is -0.0759 e. The first kappa shape index (κ1) is 32.9. The third-order valence-corrected chi connectivity index (χ3v) is 12.8. The molecule has 0 radical (unpaired) electrons. The van der Waals surface area contributed by atoms with E-state index in [1.54, 1.807) is 0 Å². The maximum Gasteiger partial charge on any atom is 0.0345 e. The molecule has 0 aliphatic heterocycles. The van der Waals surface area contributed by atoms with Crippen molar-refractivity contribution >= 4 is 61.3 Å². The average molecular weight is 735 g/mol. The molecule has 0 heteroatoms. The molecule has 270 valence electrons. The predicted octanol–water partition coefficient (Wildman–Crippen LogP) is 15.6. The number of fused-ring (bicyclic) bond motifs is 4. The van der Waals surface area contributed by atoms with E-state index in [2.05, 4.69) is 212 Å². The van der Waals surface area contributed by atoms with Crippen LogP contribution in [0.25, 0.3) is 94.7 Å². The highest BCUT2D eigenvalue weighted by Gasteiger charge is 2.32. The molecular formula is C58H38. The van der Waals surface area contributed by atoms with Gasteiger partial charge in [-0.2, -0.15) is 0 Å². The van der Waals surface area contributed by atoms with Crippen LogP contribution in [0.4, 0.5) is 0 Å². The molecule has 3 aliphatic carbocycles. The Morgan fingerprint density at radius 3 is 1.84 bits per heavy atom. The number of hydrogen-bond acceptors (Lipinski definition) is 0. The normalized spacial score (nSPS) is 15.3. The highest BCUT2D eigenvalue weighted by molar-refractivity contribution is 6.22. The summed E-state index contributed by atoms with van der Waals surface area (Å²) in [6.07, 6.45) is 19.4. The van der Waals surface area contributed by atoms with Crippen LogP contribution >= 0.6 is 0 Å². The van der Waals surface area contributed by atoms with Gasteiger partial charge in [-0.05, 0) is 122 Å². The monoisotopic (exact) mass is 734 g/mol. The summed E-state index contributed by atoms with van der Waals surface area (Å²) in [5.74, 6) is 0.325. The molecule has 0 spiro atoms. The van der Waals surface area contributed by atoms with Crippen molar-refractivity contribution in [1.82, 2.24) is 0 Å². The summed E-state index contributed by atoms with van der Waals surface area (Å²) < 4.78 is 0. The summed E-state index contributed by atoms with van der Waals surface area (Å²) in [6, 6.07) is 60.6. The van der Waals surface area contributed by atoms with Crippen LogP contribution in [0.2, 0.25) is 0 Å². The van der Waals surface area contributed by atoms with Crippen molar-refractivity contribution in [2.24, 2.45) is 0 Å². The van der Waals surface area contributed by atoms with Crippen molar-refractivity contribution < 1.29 is 0 Å². The maximum absolute atomic E-state index is 2.46. The molecule has 0 N–H and O–H groups in total. The Morgan fingerprint density at radius 2 is 1.07 bits per heavy atom. The first-order valence-electron chi connectivity index (χ1n) is 20.4. The lowest BCUT2D eigenvalue weighted by atomic mass is 9.69. The zero-order valence-corrected chi connectivity index (χ0v) is 32.0. The van der Waals surface area contributed by atoms with E-state index in [9.17, 15) is 0 Å². The fraction of sp³-hybridized carbons (Fsp3) is 0.0345. The van der Waals surface area contributed by atoms with Gasteiger partial charge in [0, 0.05) is 5.92 Å². The van der Waals surface area contributed by atoms with Gasteiger partial charge in [0.25, 0.3) is 0 Å². The Labute approximate surface area is 338 Å². The average Bonchev–Trinajstić information content (AvgIpc) is 3.29. The van der Waals surface area contributed by atoms with Crippen molar-refractivity contribution in [3.8, 4) is 33.4 Å². The van der Waals surface area contributed by atoms with Gasteiger partial charge in [-0.1, -0.05) is 212 Å². The molecular weight excluding hydrogens is 697 g/mol. The number of hydrogen-bond donors (Lipinski definition) is 0. The van der Waals surface area contributed by atoms with Gasteiger partial charge in [0.2, 0.25) is 0 Å². The molecule has 12 rings (SSSR count). The van der Waals surface area contributed by atoms with Gasteiger partial charge in [-0.25, -0.2) is 0 Å². The fourth-order valence-electron chi connectivity index (χ4n) is 10.2. The van der Waals surface area contributed by atoms with E-state index < -0.39 is 0 Å². The number of allylic oxidation sites excluding steroid dienone is 7. The van der Waals surface area contributed by atoms with Crippen LogP contribution < -0.4 is 0 Å². The molecule has 1 atom stereocenters. The molecule has 58 heavy (non-hydrogen) atoms. The van der Waals surface area contributed by atoms with E-state index in [0.717, 1.165) is 6.42 Å². The van der Waals surface area contributed by atoms with Gasteiger partial charge in [0.15, 0.2) is 0 Å². The van der Waals surface area contributed by atoms with Crippen molar-refractivity contribution in [2.75, 3.05) is 0 Å². The summed E-state index contributed by atoms with van der Waals surface area (Å²) in [6.45, 7) is 0. The Hall–Kier alpha value is -7.28. The second-order valence-electron chi connectivity index (χ2n) is 15.9. The molecule has 1 unspecified atom stereocenters. The van der Waals surface area contributed by atoms with Crippen LogP contribution in [0.1, 0.15) is 33.7 Å². The number of benzene rings is 9. The van der Waals surface area contributed by atoms with E-state index in [0.29, 0.717) is 5.92 Å². The first-order chi connectivity index (χ1) is 28.8. The molecule has 0 bridgehead atoms. The third kappa shape index (κ3) is 5.08. The molecule has 0 aromatic heterocycles. The van der Waals surface area contributed by atoms with E-state index in [4.69, 9.17) is 0 Å². The molecule has 0 saturated carbocycles. The van der Waals surface area contributed by atoms with Crippen LogP contribution in [-0.2, 0) is 6.42 Å². The van der Waals surface area contributed by atoms with Gasteiger partial charge in [0.1, 0.15) is 0 Å². The van der Waals surface area contributed by atoms with Gasteiger partial charge in [0.05, 0.1) is 0 Å². The van der Waals surface area contributed by atoms with E-state index in [-0.39, 0.29) is 0 Å². The number of rotatable bonds is 5. The SMILES string of the molecule is C1=CC2=CCc3c(-c4c5ccccc5c(-c5ccc(/C=C/c6ccc(-c7cccc8ccccc78)c7ccccc67)cc5)c5ccccc45)ccc4c3C2C(=C1)C=C4. The van der Waals surface area contributed by atoms with Crippen LogP contribution in [0.5, 0.6) is 0 Å². The molecule has 9 aromatic carbocycles. The van der Waals surface area contributed by atoms with E-state index >= 15 is 0 Å². The lowest BCUT2D eigenvalue weighted by molar-refractivity contribution is 0.894. The van der Waals surface area contributed by atoms with Crippen LogP contribution in [0.3, 0.4) is 0 Å². The van der Waals surface area contributed by atoms with Gasteiger partial charge in [-0.15, -0.1) is 0 Å². The second-order valence-corrected chi connectivity index (χ2v) is 15.9. The van der Waals surface area contributed by atoms with Crippen LogP contribution in [-0.4, -0.2) is 0 Å². The van der Waals surface area contributed by atoms with Crippen LogP contribution in [0.15, 0.2) is 205 Å². The summed E-state index contributed by atoms with van der Waals surface area (Å²) in [5, 5.41) is 10.2. The highest BCUT2D eigenvalue weighted by atomic mass is 14.4. The lowest BCUT2D eigenvalue weighted by Gasteiger charge is -2.34. The van der Waals surface area contributed by atoms with E-state index in [1.165, 1.54) is 115 Å². The maximum atomic E-state index is 2.46. The largest absolute Gasteiger partial charge is 0.0759 e. The zero-order chi connectivity index (χ0) is 38.2. The quantitative estimate of drug-likeness (QED) is 0.122. The van der Waals surface area contributed by atoms with Crippen molar-refractivity contribution in [3.63, 3.8) is 0 Å². The van der Waals surface area contributed by atoms with Gasteiger partial charge in [-0.3, -0.25) is 0 Å².